The highest BCUT2D eigenvalue weighted by molar-refractivity contribution is 7.90. The maximum absolute atomic E-state index is 11.9. The summed E-state index contributed by atoms with van der Waals surface area (Å²) in [6.07, 6.45) is -4.86. The Labute approximate surface area is 109 Å². The van der Waals surface area contributed by atoms with Gasteiger partial charge in [0.1, 0.15) is 0 Å². The molecule has 19 heavy (non-hydrogen) atoms. The molecule has 3 nitrogen and oxygen atoms in total. The van der Waals surface area contributed by atoms with E-state index < -0.39 is 28.2 Å². The van der Waals surface area contributed by atoms with Gasteiger partial charge in [-0.25, -0.2) is 8.42 Å². The number of benzene rings is 1. The molecule has 0 aliphatic rings. The van der Waals surface area contributed by atoms with Crippen molar-refractivity contribution in [2.75, 3.05) is 6.26 Å². The molecule has 1 aromatic carbocycles. The van der Waals surface area contributed by atoms with E-state index >= 15 is 0 Å². The second-order valence-electron chi connectivity index (χ2n) is 4.19. The number of ketones is 1. The van der Waals surface area contributed by atoms with Crippen molar-refractivity contribution in [2.24, 2.45) is 0 Å². The Morgan fingerprint density at radius 1 is 1.26 bits per heavy atom. The van der Waals surface area contributed by atoms with Gasteiger partial charge in [0.2, 0.25) is 0 Å². The highest BCUT2D eigenvalue weighted by Crippen LogP contribution is 2.23. The SMILES string of the molecule is CS(=O)(=O)c1cccc(C(=O)CCCC(F)(F)F)c1. The van der Waals surface area contributed by atoms with Crippen molar-refractivity contribution in [3.05, 3.63) is 29.8 Å². The van der Waals surface area contributed by atoms with Gasteiger partial charge in [-0.3, -0.25) is 4.79 Å². The van der Waals surface area contributed by atoms with Crippen LogP contribution >= 0.6 is 0 Å². The van der Waals surface area contributed by atoms with E-state index in [0.29, 0.717) is 0 Å². The third kappa shape index (κ3) is 5.42. The maximum atomic E-state index is 11.9. The zero-order valence-electron chi connectivity index (χ0n) is 10.2. The summed E-state index contributed by atoms with van der Waals surface area (Å²) in [6, 6.07) is 5.31. The molecule has 0 bridgehead atoms. The fraction of sp³-hybridized carbons (Fsp3) is 0.417. The predicted molar refractivity (Wildman–Crippen MR) is 63.8 cm³/mol. The third-order valence-electron chi connectivity index (χ3n) is 2.45. The van der Waals surface area contributed by atoms with Gasteiger partial charge in [-0.1, -0.05) is 12.1 Å². The van der Waals surface area contributed by atoms with Crippen molar-refractivity contribution in [3.8, 4) is 0 Å². The topological polar surface area (TPSA) is 51.2 Å². The quantitative estimate of drug-likeness (QED) is 0.784. The molecule has 0 saturated carbocycles. The number of halogens is 3. The van der Waals surface area contributed by atoms with Gasteiger partial charge in [0, 0.05) is 24.7 Å². The van der Waals surface area contributed by atoms with Crippen LogP contribution in [0.4, 0.5) is 13.2 Å². The molecule has 0 heterocycles. The van der Waals surface area contributed by atoms with Crippen LogP contribution in [0.15, 0.2) is 29.2 Å². The minimum absolute atomic E-state index is 0.0193. The number of carbonyl (C=O) groups is 1. The van der Waals surface area contributed by atoms with Gasteiger partial charge in [-0.2, -0.15) is 13.2 Å². The molecule has 7 heteroatoms. The summed E-state index contributed by atoms with van der Waals surface area (Å²) in [5.41, 5.74) is 0.116. The standard InChI is InChI=1S/C12H13F3O3S/c1-19(17,18)10-5-2-4-9(8-10)11(16)6-3-7-12(13,14)15/h2,4-5,8H,3,6-7H2,1H3. The molecule has 0 saturated heterocycles. The molecule has 0 aliphatic carbocycles. The monoisotopic (exact) mass is 294 g/mol. The first-order chi connectivity index (χ1) is 8.59. The van der Waals surface area contributed by atoms with Crippen molar-refractivity contribution >= 4 is 15.6 Å². The largest absolute Gasteiger partial charge is 0.389 e. The van der Waals surface area contributed by atoms with Crippen LogP contribution in [0.1, 0.15) is 29.6 Å². The van der Waals surface area contributed by atoms with E-state index in [0.717, 1.165) is 6.26 Å². The molecule has 0 atom stereocenters. The molecule has 0 N–H and O–H groups in total. The molecular formula is C12H13F3O3S. The summed E-state index contributed by atoms with van der Waals surface area (Å²) >= 11 is 0. The van der Waals surface area contributed by atoms with E-state index in [-0.39, 0.29) is 23.3 Å². The van der Waals surface area contributed by atoms with Gasteiger partial charge in [-0.05, 0) is 18.6 Å². The van der Waals surface area contributed by atoms with E-state index in [9.17, 15) is 26.4 Å². The Kier molecular flexibility index (Phi) is 4.73. The van der Waals surface area contributed by atoms with Crippen LogP contribution in [0.3, 0.4) is 0 Å². The van der Waals surface area contributed by atoms with E-state index in [1.807, 2.05) is 0 Å². The Morgan fingerprint density at radius 3 is 2.42 bits per heavy atom. The van der Waals surface area contributed by atoms with E-state index in [1.165, 1.54) is 24.3 Å². The second-order valence-corrected chi connectivity index (χ2v) is 6.21. The first kappa shape index (κ1) is 15.7. The third-order valence-corrected chi connectivity index (χ3v) is 3.56. The van der Waals surface area contributed by atoms with Crippen LogP contribution < -0.4 is 0 Å². The number of rotatable bonds is 5. The van der Waals surface area contributed by atoms with E-state index in [4.69, 9.17) is 0 Å². The molecule has 0 fully saturated rings. The molecule has 0 radical (unpaired) electrons. The van der Waals surface area contributed by atoms with Crippen molar-refractivity contribution in [1.29, 1.82) is 0 Å². The Morgan fingerprint density at radius 2 is 1.89 bits per heavy atom. The van der Waals surface area contributed by atoms with Crippen molar-refractivity contribution in [2.45, 2.75) is 30.3 Å². The smallest absolute Gasteiger partial charge is 0.294 e. The molecule has 0 unspecified atom stereocenters. The van der Waals surface area contributed by atoms with E-state index in [1.54, 1.807) is 0 Å². The molecule has 0 aliphatic heterocycles. The number of carbonyl (C=O) groups excluding carboxylic acids is 1. The van der Waals surface area contributed by atoms with Crippen molar-refractivity contribution in [3.63, 3.8) is 0 Å². The Balaban J connectivity index is 2.73. The lowest BCUT2D eigenvalue weighted by atomic mass is 10.1. The van der Waals surface area contributed by atoms with Crippen molar-refractivity contribution < 1.29 is 26.4 Å². The van der Waals surface area contributed by atoms with Crippen LogP contribution in [0.5, 0.6) is 0 Å². The molecule has 1 rings (SSSR count). The summed E-state index contributed by atoms with van der Waals surface area (Å²) in [4.78, 5) is 11.6. The van der Waals surface area contributed by atoms with Crippen LogP contribution in [-0.4, -0.2) is 26.6 Å². The Bertz CT molecular complexity index is 562. The first-order valence-electron chi connectivity index (χ1n) is 5.50. The summed E-state index contributed by atoms with van der Waals surface area (Å²) in [5.74, 6) is -0.491. The van der Waals surface area contributed by atoms with Crippen LogP contribution in [0.25, 0.3) is 0 Å². The normalized spacial score (nSPS) is 12.4. The number of alkyl halides is 3. The van der Waals surface area contributed by atoms with Crippen LogP contribution in [0.2, 0.25) is 0 Å². The average Bonchev–Trinajstić information content (AvgIpc) is 2.26. The highest BCUT2D eigenvalue weighted by atomic mass is 32.2. The van der Waals surface area contributed by atoms with Gasteiger partial charge in [0.05, 0.1) is 4.90 Å². The summed E-state index contributed by atoms with van der Waals surface area (Å²) in [5, 5.41) is 0. The highest BCUT2D eigenvalue weighted by Gasteiger charge is 2.26. The number of hydrogen-bond acceptors (Lipinski definition) is 3. The number of sulfone groups is 1. The minimum Gasteiger partial charge on any atom is -0.294 e. The van der Waals surface area contributed by atoms with Gasteiger partial charge in [-0.15, -0.1) is 0 Å². The fourth-order valence-corrected chi connectivity index (χ4v) is 2.16. The first-order valence-corrected chi connectivity index (χ1v) is 7.39. The van der Waals surface area contributed by atoms with Crippen LogP contribution in [0, 0.1) is 0 Å². The second kappa shape index (κ2) is 5.73. The summed E-state index contributed by atoms with van der Waals surface area (Å²) in [7, 11) is -3.43. The van der Waals surface area contributed by atoms with Gasteiger partial charge < -0.3 is 0 Å². The molecule has 1 aromatic rings. The van der Waals surface area contributed by atoms with E-state index in [2.05, 4.69) is 0 Å². The van der Waals surface area contributed by atoms with Gasteiger partial charge >= 0.3 is 6.18 Å². The van der Waals surface area contributed by atoms with Gasteiger partial charge in [0.25, 0.3) is 0 Å². The van der Waals surface area contributed by atoms with Gasteiger partial charge in [0.15, 0.2) is 15.6 Å². The lowest BCUT2D eigenvalue weighted by molar-refractivity contribution is -0.135. The lowest BCUT2D eigenvalue weighted by Crippen LogP contribution is -2.09. The van der Waals surface area contributed by atoms with Crippen molar-refractivity contribution in [1.82, 2.24) is 0 Å². The summed E-state index contributed by atoms with van der Waals surface area (Å²) < 4.78 is 58.4. The minimum atomic E-state index is -4.28. The lowest BCUT2D eigenvalue weighted by Gasteiger charge is -2.06. The molecule has 0 amide bonds. The molecular weight excluding hydrogens is 281 g/mol. The molecule has 106 valence electrons. The predicted octanol–water partition coefficient (Wildman–Crippen LogP) is 3.01. The van der Waals surface area contributed by atoms with Crippen LogP contribution in [-0.2, 0) is 9.84 Å². The zero-order chi connectivity index (χ0) is 14.7. The zero-order valence-corrected chi connectivity index (χ0v) is 11.0. The number of Topliss-reactive ketones (excluding diaryl/α,β-unsaturated/α-hetero) is 1. The fourth-order valence-electron chi connectivity index (χ4n) is 1.49. The average molecular weight is 294 g/mol. The number of hydrogen-bond donors (Lipinski definition) is 0. The summed E-state index contributed by atoms with van der Waals surface area (Å²) in [6.45, 7) is 0. The molecule has 0 spiro atoms. The maximum Gasteiger partial charge on any atom is 0.389 e. The molecule has 0 aromatic heterocycles. The Hall–Kier alpha value is -1.37.